The second-order valence-electron chi connectivity index (χ2n) is 8.02. The number of anilines is 3. The van der Waals surface area contributed by atoms with Gasteiger partial charge in [-0.3, -0.25) is 14.3 Å². The van der Waals surface area contributed by atoms with Crippen LogP contribution in [0.5, 0.6) is 0 Å². The van der Waals surface area contributed by atoms with Gasteiger partial charge in [0.15, 0.2) is 5.82 Å². The molecule has 1 aromatic carbocycles. The van der Waals surface area contributed by atoms with Crippen LogP contribution in [0.1, 0.15) is 25.0 Å². The first-order valence-corrected chi connectivity index (χ1v) is 11.3. The lowest BCUT2D eigenvalue weighted by Gasteiger charge is -2.11. The molecular formula is C22H24N8OS. The molecule has 9 nitrogen and oxygen atoms in total. The number of aromatic amines is 1. The zero-order chi connectivity index (χ0) is 22.1. The molecule has 0 aliphatic heterocycles. The molecule has 0 radical (unpaired) electrons. The number of H-pyrrole nitrogens is 1. The molecule has 32 heavy (non-hydrogen) atoms. The van der Waals surface area contributed by atoms with Gasteiger partial charge in [-0.2, -0.15) is 5.10 Å². The molecular weight excluding hydrogens is 424 g/mol. The van der Waals surface area contributed by atoms with Gasteiger partial charge in [-0.1, -0.05) is 11.8 Å². The summed E-state index contributed by atoms with van der Waals surface area (Å²) in [6.07, 6.45) is 6.12. The minimum absolute atomic E-state index is 0.00810. The highest BCUT2D eigenvalue weighted by atomic mass is 32.2. The normalized spacial score (nSPS) is 18.2. The summed E-state index contributed by atoms with van der Waals surface area (Å²) < 4.78 is 1.88. The summed E-state index contributed by atoms with van der Waals surface area (Å²) in [6.45, 7) is 1.94. The molecule has 5 N–H and O–H groups in total. The Hall–Kier alpha value is -3.37. The van der Waals surface area contributed by atoms with E-state index in [0.29, 0.717) is 11.8 Å². The fraction of sp³-hybridized carbons (Fsp3) is 0.273. The fourth-order valence-electron chi connectivity index (χ4n) is 3.86. The first kappa shape index (κ1) is 20.5. The lowest BCUT2D eigenvalue weighted by Crippen LogP contribution is -2.23. The van der Waals surface area contributed by atoms with Gasteiger partial charge in [0.1, 0.15) is 10.7 Å². The van der Waals surface area contributed by atoms with Gasteiger partial charge in [0.25, 0.3) is 0 Å². The summed E-state index contributed by atoms with van der Waals surface area (Å²) in [7, 11) is 0. The third kappa shape index (κ3) is 4.46. The maximum Gasteiger partial charge on any atom is 0.227 e. The van der Waals surface area contributed by atoms with Crippen LogP contribution in [0.15, 0.2) is 58.7 Å². The molecule has 3 aromatic heterocycles. The van der Waals surface area contributed by atoms with Crippen molar-refractivity contribution in [3.8, 4) is 0 Å². The predicted octanol–water partition coefficient (Wildman–Crippen LogP) is 3.72. The predicted molar refractivity (Wildman–Crippen MR) is 124 cm³/mol. The Labute approximate surface area is 189 Å². The highest BCUT2D eigenvalue weighted by Gasteiger charge is 2.27. The van der Waals surface area contributed by atoms with Crippen molar-refractivity contribution in [1.29, 1.82) is 0 Å². The number of nitrogens with one attached hydrogen (secondary N) is 3. The van der Waals surface area contributed by atoms with Crippen LogP contribution in [-0.4, -0.2) is 36.5 Å². The standard InChI is InChI=1S/C22H24N8OS/c1-13-10-18(29-28-13)26-22-27-20(12-19-24-8-9-30(19)22)32-17-6-4-16(5-7-17)25-21(31)14-2-3-15(23)11-14/h4-10,12,14-15H,2-3,11,23H2,1H3,(H,25,31)(H2,26,27,28,29). The Morgan fingerprint density at radius 3 is 2.81 bits per heavy atom. The number of aryl methyl sites for hydroxylation is 1. The van der Waals surface area contributed by atoms with E-state index in [2.05, 4.69) is 25.8 Å². The van der Waals surface area contributed by atoms with Gasteiger partial charge >= 0.3 is 0 Å². The van der Waals surface area contributed by atoms with E-state index in [-0.39, 0.29) is 17.9 Å². The number of hydrogen-bond donors (Lipinski definition) is 4. The molecule has 10 heteroatoms. The van der Waals surface area contributed by atoms with E-state index in [1.54, 1.807) is 6.20 Å². The number of nitrogens with two attached hydrogens (primary N) is 1. The van der Waals surface area contributed by atoms with Crippen molar-refractivity contribution in [3.05, 3.63) is 54.5 Å². The molecule has 1 aliphatic rings. The zero-order valence-electron chi connectivity index (χ0n) is 17.6. The minimum Gasteiger partial charge on any atom is -0.328 e. The number of amides is 1. The Morgan fingerprint density at radius 1 is 1.25 bits per heavy atom. The molecule has 0 bridgehead atoms. The smallest absolute Gasteiger partial charge is 0.227 e. The molecule has 0 spiro atoms. The molecule has 2 unspecified atom stereocenters. The summed E-state index contributed by atoms with van der Waals surface area (Å²) in [5, 5.41) is 14.2. The topological polar surface area (TPSA) is 126 Å². The third-order valence-electron chi connectivity index (χ3n) is 5.50. The Morgan fingerprint density at radius 2 is 2.09 bits per heavy atom. The number of carbonyl (C=O) groups excluding carboxylic acids is 1. The van der Waals surface area contributed by atoms with E-state index >= 15 is 0 Å². The third-order valence-corrected chi connectivity index (χ3v) is 6.43. The van der Waals surface area contributed by atoms with Gasteiger partial charge in [-0.15, -0.1) is 0 Å². The van der Waals surface area contributed by atoms with Crippen molar-refractivity contribution in [1.82, 2.24) is 24.6 Å². The summed E-state index contributed by atoms with van der Waals surface area (Å²) in [4.78, 5) is 22.6. The van der Waals surface area contributed by atoms with E-state index in [9.17, 15) is 4.79 Å². The minimum atomic E-state index is 0.00810. The molecule has 1 aliphatic carbocycles. The van der Waals surface area contributed by atoms with E-state index in [1.165, 1.54) is 11.8 Å². The van der Waals surface area contributed by atoms with E-state index in [1.807, 2.05) is 53.9 Å². The van der Waals surface area contributed by atoms with Crippen molar-refractivity contribution in [2.45, 2.75) is 42.1 Å². The molecule has 2 atom stereocenters. The van der Waals surface area contributed by atoms with Crippen LogP contribution in [0, 0.1) is 12.8 Å². The monoisotopic (exact) mass is 448 g/mol. The maximum atomic E-state index is 12.4. The summed E-state index contributed by atoms with van der Waals surface area (Å²) in [5.41, 5.74) is 8.46. The molecule has 5 rings (SSSR count). The van der Waals surface area contributed by atoms with Gasteiger partial charge < -0.3 is 16.4 Å². The molecule has 164 valence electrons. The van der Waals surface area contributed by atoms with Gasteiger partial charge in [-0.05, 0) is 50.5 Å². The lowest BCUT2D eigenvalue weighted by molar-refractivity contribution is -0.119. The molecule has 1 amide bonds. The SMILES string of the molecule is Cc1cc(Nc2nc(Sc3ccc(NC(=O)C4CCC(N)C4)cc3)cc3nccn23)n[nH]1. The van der Waals surface area contributed by atoms with Crippen LogP contribution in [-0.2, 0) is 4.79 Å². The summed E-state index contributed by atoms with van der Waals surface area (Å²) >= 11 is 1.53. The van der Waals surface area contributed by atoms with Crippen molar-refractivity contribution >= 4 is 40.8 Å². The largest absolute Gasteiger partial charge is 0.328 e. The second kappa shape index (κ2) is 8.64. The fourth-order valence-corrected chi connectivity index (χ4v) is 4.67. The maximum absolute atomic E-state index is 12.4. The number of carbonyl (C=O) groups is 1. The van der Waals surface area contributed by atoms with Crippen LogP contribution in [0.4, 0.5) is 17.5 Å². The number of benzene rings is 1. The molecule has 3 heterocycles. The number of rotatable bonds is 6. The highest BCUT2D eigenvalue weighted by Crippen LogP contribution is 2.30. The summed E-state index contributed by atoms with van der Waals surface area (Å²) in [5.74, 6) is 1.38. The van der Waals surface area contributed by atoms with Crippen molar-refractivity contribution in [3.63, 3.8) is 0 Å². The zero-order valence-corrected chi connectivity index (χ0v) is 18.4. The Kier molecular flexibility index (Phi) is 5.54. The van der Waals surface area contributed by atoms with Crippen LogP contribution < -0.4 is 16.4 Å². The molecule has 1 fully saturated rings. The molecule has 1 saturated carbocycles. The average Bonchev–Trinajstić information content (AvgIpc) is 3.51. The Bertz CT molecular complexity index is 1250. The van der Waals surface area contributed by atoms with Crippen LogP contribution in [0.3, 0.4) is 0 Å². The lowest BCUT2D eigenvalue weighted by atomic mass is 10.1. The van der Waals surface area contributed by atoms with Crippen LogP contribution in [0.25, 0.3) is 5.65 Å². The molecule has 4 aromatic rings. The van der Waals surface area contributed by atoms with Gasteiger partial charge in [-0.25, -0.2) is 9.97 Å². The second-order valence-corrected chi connectivity index (χ2v) is 9.11. The van der Waals surface area contributed by atoms with Gasteiger partial charge in [0.05, 0.1) is 0 Å². The van der Waals surface area contributed by atoms with Crippen molar-refractivity contribution in [2.75, 3.05) is 10.6 Å². The molecule has 0 saturated heterocycles. The van der Waals surface area contributed by atoms with Crippen molar-refractivity contribution < 1.29 is 4.79 Å². The first-order valence-electron chi connectivity index (χ1n) is 10.5. The Balaban J connectivity index is 1.30. The number of aromatic nitrogens is 5. The number of imidazole rings is 1. The van der Waals surface area contributed by atoms with E-state index in [0.717, 1.165) is 46.2 Å². The number of nitrogens with zero attached hydrogens (tertiary/aromatic N) is 4. The summed E-state index contributed by atoms with van der Waals surface area (Å²) in [6, 6.07) is 11.8. The van der Waals surface area contributed by atoms with Gasteiger partial charge in [0, 0.05) is 52.8 Å². The average molecular weight is 449 g/mol. The van der Waals surface area contributed by atoms with Crippen LogP contribution >= 0.6 is 11.8 Å². The first-order chi connectivity index (χ1) is 15.5. The van der Waals surface area contributed by atoms with Crippen LogP contribution in [0.2, 0.25) is 0 Å². The number of hydrogen-bond acceptors (Lipinski definition) is 7. The van der Waals surface area contributed by atoms with E-state index in [4.69, 9.17) is 10.7 Å². The quantitative estimate of drug-likeness (QED) is 0.331. The van der Waals surface area contributed by atoms with Crippen molar-refractivity contribution in [2.24, 2.45) is 11.7 Å². The van der Waals surface area contributed by atoms with Gasteiger partial charge in [0.2, 0.25) is 11.9 Å². The van der Waals surface area contributed by atoms with E-state index < -0.39 is 0 Å². The number of fused-ring (bicyclic) bond motifs is 1. The highest BCUT2D eigenvalue weighted by molar-refractivity contribution is 7.99.